The number of fused-ring (bicyclic) bond motifs is 1. The molecule has 4 rings (SSSR count). The van der Waals surface area contributed by atoms with Crippen molar-refractivity contribution in [1.29, 1.82) is 0 Å². The van der Waals surface area contributed by atoms with E-state index < -0.39 is 0 Å². The molecule has 0 radical (unpaired) electrons. The highest BCUT2D eigenvalue weighted by Gasteiger charge is 2.20. The number of imidazole rings is 1. The van der Waals surface area contributed by atoms with Crippen molar-refractivity contribution >= 4 is 22.7 Å². The fourth-order valence-electron chi connectivity index (χ4n) is 3.72. The van der Waals surface area contributed by atoms with Gasteiger partial charge in [-0.25, -0.2) is 15.0 Å². The largest absolute Gasteiger partial charge is 0.497 e. The quantitative estimate of drug-likeness (QED) is 0.408. The van der Waals surface area contributed by atoms with Crippen LogP contribution in [0, 0.1) is 0 Å². The second kappa shape index (κ2) is 9.23. The predicted octanol–water partition coefficient (Wildman–Crippen LogP) is 4.85. The van der Waals surface area contributed by atoms with Gasteiger partial charge in [0.15, 0.2) is 28.5 Å². The van der Waals surface area contributed by atoms with Crippen molar-refractivity contribution in [3.8, 4) is 34.4 Å². The molecule has 0 fully saturated rings. The first-order valence-electron chi connectivity index (χ1n) is 10.4. The van der Waals surface area contributed by atoms with Gasteiger partial charge in [0.25, 0.3) is 0 Å². The number of nitrogens with zero attached hydrogens (tertiary/aromatic N) is 4. The fraction of sp³-hybridized carbons (Fsp3) is 0.292. The minimum Gasteiger partial charge on any atom is -0.497 e. The summed E-state index contributed by atoms with van der Waals surface area (Å²) in [4.78, 5) is 13.9. The molecule has 0 aliphatic heterocycles. The number of rotatable bonds is 8. The highest BCUT2D eigenvalue weighted by atomic mass is 16.5. The molecular weight excluding hydrogens is 422 g/mol. The molecule has 2 aromatic heterocycles. The first kappa shape index (κ1) is 22.2. The number of hydrogen-bond donors (Lipinski definition) is 1. The van der Waals surface area contributed by atoms with Crippen molar-refractivity contribution in [1.82, 2.24) is 19.5 Å². The Bertz CT molecular complexity index is 1240. The summed E-state index contributed by atoms with van der Waals surface area (Å²) in [7, 11) is 6.38. The van der Waals surface area contributed by atoms with Gasteiger partial charge in [-0.15, -0.1) is 0 Å². The van der Waals surface area contributed by atoms with Crippen LogP contribution in [0.15, 0.2) is 42.7 Å². The summed E-state index contributed by atoms with van der Waals surface area (Å²) in [6.45, 7) is 4.20. The highest BCUT2D eigenvalue weighted by Crippen LogP contribution is 2.41. The first-order chi connectivity index (χ1) is 16.0. The van der Waals surface area contributed by atoms with Crippen LogP contribution in [0.2, 0.25) is 0 Å². The third-order valence-corrected chi connectivity index (χ3v) is 5.27. The fourth-order valence-corrected chi connectivity index (χ4v) is 3.72. The summed E-state index contributed by atoms with van der Waals surface area (Å²) in [5.74, 6) is 3.76. The smallest absolute Gasteiger partial charge is 0.203 e. The molecule has 9 nitrogen and oxygen atoms in total. The predicted molar refractivity (Wildman–Crippen MR) is 127 cm³/mol. The Balaban J connectivity index is 1.83. The average Bonchev–Trinajstić information content (AvgIpc) is 3.24. The van der Waals surface area contributed by atoms with Gasteiger partial charge < -0.3 is 28.8 Å². The normalized spacial score (nSPS) is 11.0. The van der Waals surface area contributed by atoms with Gasteiger partial charge >= 0.3 is 0 Å². The zero-order valence-electron chi connectivity index (χ0n) is 19.5. The zero-order valence-corrected chi connectivity index (χ0v) is 19.5. The number of benzene rings is 2. The van der Waals surface area contributed by atoms with E-state index in [2.05, 4.69) is 33.7 Å². The number of anilines is 2. The van der Waals surface area contributed by atoms with Gasteiger partial charge in [0.1, 0.15) is 17.9 Å². The molecule has 172 valence electrons. The third-order valence-electron chi connectivity index (χ3n) is 5.27. The van der Waals surface area contributed by atoms with Gasteiger partial charge in [-0.1, -0.05) is 0 Å². The standard InChI is InChI=1S/C24H27N5O4/c1-14(2)29-23(15-7-9-17(30-3)10-8-15)28-20-22(25-13-26-24(20)29)27-16-11-18(31-4)21(33-6)19(12-16)32-5/h7-14H,1-6H3,(H,25,26,27). The zero-order chi connectivity index (χ0) is 23.5. The van der Waals surface area contributed by atoms with Crippen molar-refractivity contribution < 1.29 is 18.9 Å². The van der Waals surface area contributed by atoms with Gasteiger partial charge in [0, 0.05) is 29.4 Å². The van der Waals surface area contributed by atoms with Gasteiger partial charge in [-0.2, -0.15) is 0 Å². The number of methoxy groups -OCH3 is 4. The molecule has 0 aliphatic carbocycles. The van der Waals surface area contributed by atoms with Crippen LogP contribution < -0.4 is 24.3 Å². The minimum atomic E-state index is 0.135. The average molecular weight is 450 g/mol. The summed E-state index contributed by atoms with van der Waals surface area (Å²) in [6, 6.07) is 11.6. The van der Waals surface area contributed by atoms with Crippen LogP contribution in [-0.4, -0.2) is 48.0 Å². The van der Waals surface area contributed by atoms with Crippen molar-refractivity contribution in [2.45, 2.75) is 19.9 Å². The van der Waals surface area contributed by atoms with E-state index in [1.54, 1.807) is 28.4 Å². The number of nitrogens with one attached hydrogen (secondary N) is 1. The molecule has 0 amide bonds. The molecule has 9 heteroatoms. The lowest BCUT2D eigenvalue weighted by Crippen LogP contribution is -2.04. The molecular formula is C24H27N5O4. The maximum atomic E-state index is 5.47. The third kappa shape index (κ3) is 4.09. The summed E-state index contributed by atoms with van der Waals surface area (Å²) >= 11 is 0. The van der Waals surface area contributed by atoms with E-state index in [-0.39, 0.29) is 6.04 Å². The summed E-state index contributed by atoms with van der Waals surface area (Å²) in [6.07, 6.45) is 1.53. The lowest BCUT2D eigenvalue weighted by Gasteiger charge is -2.15. The molecule has 0 aliphatic rings. The lowest BCUT2D eigenvalue weighted by atomic mass is 10.2. The molecule has 0 spiro atoms. The molecule has 0 bridgehead atoms. The maximum Gasteiger partial charge on any atom is 0.203 e. The van der Waals surface area contributed by atoms with Gasteiger partial charge in [0.2, 0.25) is 5.75 Å². The van der Waals surface area contributed by atoms with E-state index in [0.717, 1.165) is 28.5 Å². The van der Waals surface area contributed by atoms with Gasteiger partial charge in [-0.05, 0) is 38.1 Å². The Kier molecular flexibility index (Phi) is 6.21. The van der Waals surface area contributed by atoms with E-state index in [9.17, 15) is 0 Å². The Morgan fingerprint density at radius 2 is 1.52 bits per heavy atom. The van der Waals surface area contributed by atoms with Crippen LogP contribution in [0.4, 0.5) is 11.5 Å². The van der Waals surface area contributed by atoms with Crippen molar-refractivity contribution in [2.24, 2.45) is 0 Å². The molecule has 0 saturated heterocycles. The Morgan fingerprint density at radius 3 is 2.06 bits per heavy atom. The summed E-state index contributed by atoms with van der Waals surface area (Å²) in [5, 5.41) is 3.33. The number of ether oxygens (including phenoxy) is 4. The van der Waals surface area contributed by atoms with E-state index >= 15 is 0 Å². The summed E-state index contributed by atoms with van der Waals surface area (Å²) < 4.78 is 23.7. The van der Waals surface area contributed by atoms with Gasteiger partial charge in [-0.3, -0.25) is 0 Å². The molecule has 33 heavy (non-hydrogen) atoms. The second-order valence-corrected chi connectivity index (χ2v) is 7.56. The maximum absolute atomic E-state index is 5.47. The Labute approximate surface area is 192 Å². The van der Waals surface area contributed by atoms with Crippen LogP contribution in [0.5, 0.6) is 23.0 Å². The van der Waals surface area contributed by atoms with Gasteiger partial charge in [0.05, 0.1) is 28.4 Å². The molecule has 2 aromatic carbocycles. The van der Waals surface area contributed by atoms with Crippen LogP contribution >= 0.6 is 0 Å². The van der Waals surface area contributed by atoms with Crippen LogP contribution in [0.3, 0.4) is 0 Å². The number of aromatic nitrogens is 4. The molecule has 0 atom stereocenters. The van der Waals surface area contributed by atoms with E-state index in [0.29, 0.717) is 28.6 Å². The van der Waals surface area contributed by atoms with Crippen molar-refractivity contribution in [3.05, 3.63) is 42.7 Å². The topological polar surface area (TPSA) is 92.6 Å². The van der Waals surface area contributed by atoms with Crippen LogP contribution in [0.1, 0.15) is 19.9 Å². The molecule has 0 saturated carbocycles. The minimum absolute atomic E-state index is 0.135. The molecule has 2 heterocycles. The van der Waals surface area contributed by atoms with Crippen molar-refractivity contribution in [3.63, 3.8) is 0 Å². The Morgan fingerprint density at radius 1 is 0.848 bits per heavy atom. The summed E-state index contributed by atoms with van der Waals surface area (Å²) in [5.41, 5.74) is 3.07. The van der Waals surface area contributed by atoms with E-state index in [4.69, 9.17) is 23.9 Å². The molecule has 0 unspecified atom stereocenters. The number of hydrogen-bond acceptors (Lipinski definition) is 8. The highest BCUT2D eigenvalue weighted by molar-refractivity contribution is 5.88. The Hall–Kier alpha value is -4.01. The second-order valence-electron chi connectivity index (χ2n) is 7.56. The molecule has 1 N–H and O–H groups in total. The monoisotopic (exact) mass is 449 g/mol. The van der Waals surface area contributed by atoms with E-state index in [1.165, 1.54) is 6.33 Å². The SMILES string of the molecule is COc1ccc(-c2nc3c(Nc4cc(OC)c(OC)c(OC)c4)ncnc3n2C(C)C)cc1. The lowest BCUT2D eigenvalue weighted by molar-refractivity contribution is 0.324. The van der Waals surface area contributed by atoms with Crippen LogP contribution in [0.25, 0.3) is 22.6 Å². The molecule has 4 aromatic rings. The van der Waals surface area contributed by atoms with Crippen molar-refractivity contribution in [2.75, 3.05) is 33.8 Å². The first-order valence-corrected chi connectivity index (χ1v) is 10.4. The van der Waals surface area contributed by atoms with E-state index in [1.807, 2.05) is 36.4 Å². The van der Waals surface area contributed by atoms with Crippen LogP contribution in [-0.2, 0) is 0 Å².